The number of hydrazone groups is 1. The van der Waals surface area contributed by atoms with Gasteiger partial charge in [0.15, 0.2) is 11.5 Å². The fourth-order valence-corrected chi connectivity index (χ4v) is 2.58. The van der Waals surface area contributed by atoms with Crippen LogP contribution in [0.2, 0.25) is 0 Å². The monoisotopic (exact) mass is 395 g/mol. The highest BCUT2D eigenvalue weighted by molar-refractivity contribution is 5.85. The third kappa shape index (κ3) is 5.07. The lowest BCUT2D eigenvalue weighted by atomic mass is 10.2. The molecule has 0 saturated heterocycles. The maximum atomic E-state index is 13.9. The number of methoxy groups -OCH3 is 1. The fourth-order valence-electron chi connectivity index (χ4n) is 2.58. The number of non-ortho nitro benzene ring substituents is 1. The maximum Gasteiger partial charge on any atom is 0.271 e. The molecule has 0 aliphatic heterocycles. The molecule has 0 bridgehead atoms. The second-order valence-corrected chi connectivity index (χ2v) is 5.94. The lowest BCUT2D eigenvalue weighted by molar-refractivity contribution is -0.384. The summed E-state index contributed by atoms with van der Waals surface area (Å²) in [4.78, 5) is 10.4. The fraction of sp³-hybridized carbons (Fsp3) is 0.0952. The van der Waals surface area contributed by atoms with E-state index in [1.165, 1.54) is 31.5 Å². The number of hydrogen-bond donors (Lipinski definition) is 1. The summed E-state index contributed by atoms with van der Waals surface area (Å²) in [6.07, 6.45) is 1.50. The minimum absolute atomic E-state index is 0.0200. The molecular weight excluding hydrogens is 377 g/mol. The molecule has 0 aliphatic rings. The average Bonchev–Trinajstić information content (AvgIpc) is 2.73. The third-order valence-corrected chi connectivity index (χ3v) is 4.01. The zero-order chi connectivity index (χ0) is 20.6. The summed E-state index contributed by atoms with van der Waals surface area (Å²) >= 11 is 0. The van der Waals surface area contributed by atoms with E-state index in [0.717, 1.165) is 0 Å². The Kier molecular flexibility index (Phi) is 6.36. The average molecular weight is 395 g/mol. The van der Waals surface area contributed by atoms with E-state index < -0.39 is 4.92 Å². The highest BCUT2D eigenvalue weighted by Gasteiger charge is 2.11. The Morgan fingerprint density at radius 1 is 1.14 bits per heavy atom. The molecule has 0 saturated carbocycles. The molecule has 0 aliphatic carbocycles. The number of nitrogens with zero attached hydrogens (tertiary/aromatic N) is 2. The van der Waals surface area contributed by atoms with Crippen molar-refractivity contribution in [3.8, 4) is 11.5 Å². The first-order valence-corrected chi connectivity index (χ1v) is 8.65. The van der Waals surface area contributed by atoms with E-state index >= 15 is 0 Å². The largest absolute Gasteiger partial charge is 0.493 e. The molecule has 3 aromatic carbocycles. The SMILES string of the molecule is COc1cccc(C=NNc2cccc([N+](=O)[O-])c2)c1OCc1ccccc1F. The van der Waals surface area contributed by atoms with Gasteiger partial charge in [-0.2, -0.15) is 5.10 Å². The highest BCUT2D eigenvalue weighted by Crippen LogP contribution is 2.31. The predicted molar refractivity (Wildman–Crippen MR) is 108 cm³/mol. The van der Waals surface area contributed by atoms with Gasteiger partial charge in [-0.05, 0) is 24.3 Å². The summed E-state index contributed by atoms with van der Waals surface area (Å²) in [6.45, 7) is 0.0200. The molecular formula is C21H18FN3O4. The molecule has 0 atom stereocenters. The highest BCUT2D eigenvalue weighted by atomic mass is 19.1. The van der Waals surface area contributed by atoms with E-state index in [9.17, 15) is 14.5 Å². The topological polar surface area (TPSA) is 86.0 Å². The van der Waals surface area contributed by atoms with E-state index in [1.807, 2.05) is 0 Å². The number of benzene rings is 3. The second-order valence-electron chi connectivity index (χ2n) is 5.94. The Hall–Kier alpha value is -3.94. The van der Waals surface area contributed by atoms with Crippen LogP contribution in [0.5, 0.6) is 11.5 Å². The molecule has 1 N–H and O–H groups in total. The van der Waals surface area contributed by atoms with Crippen molar-refractivity contribution in [3.05, 3.63) is 93.8 Å². The van der Waals surface area contributed by atoms with Gasteiger partial charge in [-0.15, -0.1) is 0 Å². The van der Waals surface area contributed by atoms with Crippen molar-refractivity contribution in [1.29, 1.82) is 0 Å². The van der Waals surface area contributed by atoms with Gasteiger partial charge in [0.05, 0.1) is 23.9 Å². The first kappa shape index (κ1) is 19.8. The molecule has 0 radical (unpaired) electrons. The number of rotatable bonds is 8. The number of nitro groups is 1. The molecule has 0 spiro atoms. The predicted octanol–water partition coefficient (Wildman–Crippen LogP) is 4.77. The minimum Gasteiger partial charge on any atom is -0.493 e. The number of ether oxygens (including phenoxy) is 2. The first-order valence-electron chi connectivity index (χ1n) is 8.65. The summed E-state index contributed by atoms with van der Waals surface area (Å²) in [6, 6.07) is 17.6. The maximum absolute atomic E-state index is 13.9. The Morgan fingerprint density at radius 2 is 1.93 bits per heavy atom. The molecule has 7 nitrogen and oxygen atoms in total. The van der Waals surface area contributed by atoms with Crippen molar-refractivity contribution >= 4 is 17.6 Å². The van der Waals surface area contributed by atoms with Crippen LogP contribution in [0.3, 0.4) is 0 Å². The molecule has 0 aromatic heterocycles. The van der Waals surface area contributed by atoms with Crippen molar-refractivity contribution < 1.29 is 18.8 Å². The van der Waals surface area contributed by atoms with Crippen molar-refractivity contribution in [2.45, 2.75) is 6.61 Å². The quantitative estimate of drug-likeness (QED) is 0.337. The molecule has 0 fully saturated rings. The van der Waals surface area contributed by atoms with Gasteiger partial charge >= 0.3 is 0 Å². The number of hydrogen-bond acceptors (Lipinski definition) is 6. The molecule has 8 heteroatoms. The van der Waals surface area contributed by atoms with E-state index in [-0.39, 0.29) is 18.1 Å². The molecule has 3 aromatic rings. The van der Waals surface area contributed by atoms with Crippen LogP contribution in [0.1, 0.15) is 11.1 Å². The van der Waals surface area contributed by atoms with Gasteiger partial charge in [-0.1, -0.05) is 30.3 Å². The van der Waals surface area contributed by atoms with Gasteiger partial charge in [0, 0.05) is 23.3 Å². The van der Waals surface area contributed by atoms with E-state index in [2.05, 4.69) is 10.5 Å². The Bertz CT molecular complexity index is 1040. The molecule has 0 amide bonds. The Balaban J connectivity index is 1.78. The van der Waals surface area contributed by atoms with Crippen LogP contribution < -0.4 is 14.9 Å². The normalized spacial score (nSPS) is 10.7. The number of nitrogens with one attached hydrogen (secondary N) is 1. The van der Waals surface area contributed by atoms with Crippen LogP contribution in [0.15, 0.2) is 71.8 Å². The number of halogens is 1. The third-order valence-electron chi connectivity index (χ3n) is 4.01. The van der Waals surface area contributed by atoms with Gasteiger partial charge in [0.1, 0.15) is 12.4 Å². The van der Waals surface area contributed by atoms with Gasteiger partial charge in [0.25, 0.3) is 5.69 Å². The van der Waals surface area contributed by atoms with Crippen LogP contribution in [0.25, 0.3) is 0 Å². The minimum atomic E-state index is -0.481. The summed E-state index contributed by atoms with van der Waals surface area (Å²) < 4.78 is 25.0. The van der Waals surface area contributed by atoms with Crippen LogP contribution in [0, 0.1) is 15.9 Å². The van der Waals surface area contributed by atoms with Crippen molar-refractivity contribution in [2.75, 3.05) is 12.5 Å². The van der Waals surface area contributed by atoms with Crippen molar-refractivity contribution in [3.63, 3.8) is 0 Å². The van der Waals surface area contributed by atoms with E-state index in [0.29, 0.717) is 28.3 Å². The second kappa shape index (κ2) is 9.32. The standard InChI is InChI=1S/C21H18FN3O4/c1-28-20-11-4-7-15(21(20)29-14-16-6-2-3-10-19(16)22)13-23-24-17-8-5-9-18(12-17)25(26)27/h2-13,24H,14H2,1H3. The van der Waals surface area contributed by atoms with Crippen LogP contribution >= 0.6 is 0 Å². The first-order chi connectivity index (χ1) is 14.1. The summed E-state index contributed by atoms with van der Waals surface area (Å²) in [5.74, 6) is 0.522. The van der Waals surface area contributed by atoms with E-state index in [4.69, 9.17) is 9.47 Å². The number of para-hydroxylation sites is 1. The van der Waals surface area contributed by atoms with Gasteiger partial charge in [-0.3, -0.25) is 15.5 Å². The Morgan fingerprint density at radius 3 is 2.69 bits per heavy atom. The molecule has 29 heavy (non-hydrogen) atoms. The lowest BCUT2D eigenvalue weighted by Gasteiger charge is -2.13. The van der Waals surface area contributed by atoms with Crippen LogP contribution in [0.4, 0.5) is 15.8 Å². The smallest absolute Gasteiger partial charge is 0.271 e. The summed E-state index contributed by atoms with van der Waals surface area (Å²) in [7, 11) is 1.51. The summed E-state index contributed by atoms with van der Waals surface area (Å²) in [5.41, 5.74) is 4.18. The van der Waals surface area contributed by atoms with Gasteiger partial charge in [0.2, 0.25) is 0 Å². The van der Waals surface area contributed by atoms with Crippen LogP contribution in [-0.2, 0) is 6.61 Å². The van der Waals surface area contributed by atoms with Crippen LogP contribution in [-0.4, -0.2) is 18.2 Å². The van der Waals surface area contributed by atoms with Crippen molar-refractivity contribution in [2.24, 2.45) is 5.10 Å². The number of nitro benzene ring substituents is 1. The molecule has 0 heterocycles. The van der Waals surface area contributed by atoms with Gasteiger partial charge in [-0.25, -0.2) is 4.39 Å². The molecule has 0 unspecified atom stereocenters. The summed E-state index contributed by atoms with van der Waals surface area (Å²) in [5, 5.41) is 15.0. The number of anilines is 1. The zero-order valence-corrected chi connectivity index (χ0v) is 15.5. The van der Waals surface area contributed by atoms with E-state index in [1.54, 1.807) is 48.5 Å². The lowest BCUT2D eigenvalue weighted by Crippen LogP contribution is -2.03. The zero-order valence-electron chi connectivity index (χ0n) is 15.5. The Labute approximate surface area is 166 Å². The molecule has 3 rings (SSSR count). The van der Waals surface area contributed by atoms with Crippen molar-refractivity contribution in [1.82, 2.24) is 0 Å². The van der Waals surface area contributed by atoms with Gasteiger partial charge < -0.3 is 9.47 Å². The molecule has 148 valence electrons.